The Hall–Kier alpha value is -1.26. The van der Waals surface area contributed by atoms with Crippen LogP contribution in [0.4, 0.5) is 4.79 Å². The van der Waals surface area contributed by atoms with E-state index in [2.05, 4.69) is 10.1 Å². The van der Waals surface area contributed by atoms with Crippen molar-refractivity contribution in [2.75, 3.05) is 0 Å². The van der Waals surface area contributed by atoms with Gasteiger partial charge >= 0.3 is 12.1 Å². The van der Waals surface area contributed by atoms with Gasteiger partial charge in [0.25, 0.3) is 0 Å². The van der Waals surface area contributed by atoms with Gasteiger partial charge in [0.15, 0.2) is 0 Å². The van der Waals surface area contributed by atoms with E-state index in [-0.39, 0.29) is 6.04 Å². The van der Waals surface area contributed by atoms with E-state index in [0.717, 1.165) is 12.8 Å². The van der Waals surface area contributed by atoms with Crippen LogP contribution < -0.4 is 5.32 Å². The molecule has 0 radical (unpaired) electrons. The van der Waals surface area contributed by atoms with Crippen molar-refractivity contribution in [3.63, 3.8) is 0 Å². The van der Waals surface area contributed by atoms with Crippen molar-refractivity contribution in [1.29, 1.82) is 0 Å². The molecule has 1 aliphatic heterocycles. The zero-order valence-corrected chi connectivity index (χ0v) is 7.45. The average Bonchev–Trinajstić information content (AvgIpc) is 2.43. The zero-order valence-electron chi connectivity index (χ0n) is 7.45. The number of amides is 1. The Morgan fingerprint density at radius 2 is 2.38 bits per heavy atom. The van der Waals surface area contributed by atoms with Crippen molar-refractivity contribution in [2.24, 2.45) is 0 Å². The summed E-state index contributed by atoms with van der Waals surface area (Å²) in [5.41, 5.74) is 0. The van der Waals surface area contributed by atoms with Crippen molar-refractivity contribution in [1.82, 2.24) is 5.32 Å². The molecule has 5 nitrogen and oxygen atoms in total. The normalized spacial score (nSPS) is 26.7. The van der Waals surface area contributed by atoms with Gasteiger partial charge in [-0.3, -0.25) is 0 Å². The van der Waals surface area contributed by atoms with E-state index < -0.39 is 18.2 Å². The van der Waals surface area contributed by atoms with Crippen molar-refractivity contribution in [2.45, 2.75) is 38.3 Å². The summed E-state index contributed by atoms with van der Waals surface area (Å²) >= 11 is 0. The van der Waals surface area contributed by atoms with Crippen LogP contribution in [0.5, 0.6) is 0 Å². The smallest absolute Gasteiger partial charge is 0.408 e. The van der Waals surface area contributed by atoms with Crippen LogP contribution >= 0.6 is 0 Å². The first-order valence-corrected chi connectivity index (χ1v) is 4.35. The summed E-state index contributed by atoms with van der Waals surface area (Å²) in [7, 11) is 0. The molecule has 1 amide bonds. The molecule has 0 saturated carbocycles. The zero-order chi connectivity index (χ0) is 9.84. The summed E-state index contributed by atoms with van der Waals surface area (Å²) in [4.78, 5) is 21.3. The number of alkyl carbamates (subject to hydrolysis) is 1. The lowest BCUT2D eigenvalue weighted by Gasteiger charge is -2.11. The van der Waals surface area contributed by atoms with Gasteiger partial charge in [-0.1, -0.05) is 19.8 Å². The molecule has 0 aromatic heterocycles. The van der Waals surface area contributed by atoms with Gasteiger partial charge in [-0.15, -0.1) is 0 Å². The molecule has 0 aromatic rings. The lowest BCUT2D eigenvalue weighted by atomic mass is 10.1. The van der Waals surface area contributed by atoms with Crippen LogP contribution in [0.25, 0.3) is 0 Å². The Bertz CT molecular complexity index is 216. The molecule has 2 N–H and O–H groups in total. The standard InChI is InChI=1S/C8H13NO4/c1-2-3-4-5-6(7(10)11)13-8(12)9-5/h5-6H,2-4H2,1H3,(H,9,12)(H,10,11)/t5-,6+/m1/s1. The van der Waals surface area contributed by atoms with E-state index >= 15 is 0 Å². The summed E-state index contributed by atoms with van der Waals surface area (Å²) < 4.78 is 4.58. The van der Waals surface area contributed by atoms with Gasteiger partial charge in [0.1, 0.15) is 0 Å². The number of nitrogens with one attached hydrogen (secondary N) is 1. The molecule has 0 aliphatic carbocycles. The second-order valence-corrected chi connectivity index (χ2v) is 3.06. The summed E-state index contributed by atoms with van der Waals surface area (Å²) in [6.07, 6.45) is 0.864. The molecule has 5 heteroatoms. The number of carboxylic acids is 1. The highest BCUT2D eigenvalue weighted by atomic mass is 16.6. The molecule has 1 aliphatic rings. The summed E-state index contributed by atoms with van der Waals surface area (Å²) in [6, 6.07) is -0.370. The topological polar surface area (TPSA) is 75.6 Å². The summed E-state index contributed by atoms with van der Waals surface area (Å²) in [5.74, 6) is -1.08. The van der Waals surface area contributed by atoms with Gasteiger partial charge in [0, 0.05) is 0 Å². The Morgan fingerprint density at radius 3 is 2.92 bits per heavy atom. The number of carboxylic acid groups (broad SMARTS) is 1. The van der Waals surface area contributed by atoms with Crippen LogP contribution in [0, 0.1) is 0 Å². The molecular formula is C8H13NO4. The highest BCUT2D eigenvalue weighted by Gasteiger charge is 2.38. The van der Waals surface area contributed by atoms with E-state index in [9.17, 15) is 9.59 Å². The van der Waals surface area contributed by atoms with Crippen molar-refractivity contribution < 1.29 is 19.4 Å². The molecule has 0 unspecified atom stereocenters. The van der Waals surface area contributed by atoms with Crippen LogP contribution in [0.2, 0.25) is 0 Å². The molecule has 13 heavy (non-hydrogen) atoms. The number of hydrogen-bond donors (Lipinski definition) is 2. The minimum Gasteiger partial charge on any atom is -0.478 e. The minimum atomic E-state index is -1.08. The summed E-state index contributed by atoms with van der Waals surface area (Å²) in [6.45, 7) is 2.01. The Labute approximate surface area is 76.1 Å². The highest BCUT2D eigenvalue weighted by Crippen LogP contribution is 2.14. The Balaban J connectivity index is 2.50. The van der Waals surface area contributed by atoms with Crippen LogP contribution in [-0.4, -0.2) is 29.3 Å². The summed E-state index contributed by atoms with van der Waals surface area (Å²) in [5, 5.41) is 11.2. The van der Waals surface area contributed by atoms with Crippen molar-refractivity contribution in [3.8, 4) is 0 Å². The lowest BCUT2D eigenvalue weighted by Crippen LogP contribution is -2.36. The number of carbonyl (C=O) groups is 2. The number of ether oxygens (including phenoxy) is 1. The second-order valence-electron chi connectivity index (χ2n) is 3.06. The fourth-order valence-corrected chi connectivity index (χ4v) is 1.33. The van der Waals surface area contributed by atoms with Crippen LogP contribution in [0.3, 0.4) is 0 Å². The molecule has 1 fully saturated rings. The van der Waals surface area contributed by atoms with Gasteiger partial charge in [-0.2, -0.15) is 0 Å². The van der Waals surface area contributed by atoms with E-state index in [1.807, 2.05) is 6.92 Å². The maximum absolute atomic E-state index is 10.7. The number of rotatable bonds is 4. The van der Waals surface area contributed by atoms with Gasteiger partial charge < -0.3 is 15.2 Å². The maximum atomic E-state index is 10.7. The average molecular weight is 187 g/mol. The van der Waals surface area contributed by atoms with Gasteiger partial charge in [-0.05, 0) is 6.42 Å². The Morgan fingerprint density at radius 1 is 1.69 bits per heavy atom. The monoisotopic (exact) mass is 187 g/mol. The van der Waals surface area contributed by atoms with E-state index in [0.29, 0.717) is 6.42 Å². The van der Waals surface area contributed by atoms with Gasteiger partial charge in [0.05, 0.1) is 6.04 Å². The predicted molar refractivity (Wildman–Crippen MR) is 44.4 cm³/mol. The first-order valence-electron chi connectivity index (χ1n) is 4.35. The first kappa shape index (κ1) is 9.83. The van der Waals surface area contributed by atoms with E-state index in [1.165, 1.54) is 0 Å². The molecule has 0 aromatic carbocycles. The SMILES string of the molecule is CCCC[C@H]1NC(=O)O[C@@H]1C(=O)O. The molecule has 0 bridgehead atoms. The third-order valence-electron chi connectivity index (χ3n) is 2.01. The molecule has 1 heterocycles. The van der Waals surface area contributed by atoms with E-state index in [1.54, 1.807) is 0 Å². The predicted octanol–water partition coefficient (Wildman–Crippen LogP) is 0.738. The third-order valence-corrected chi connectivity index (χ3v) is 2.01. The van der Waals surface area contributed by atoms with Gasteiger partial charge in [-0.25, -0.2) is 9.59 Å². The number of hydrogen-bond acceptors (Lipinski definition) is 3. The largest absolute Gasteiger partial charge is 0.478 e. The highest BCUT2D eigenvalue weighted by molar-refractivity contribution is 5.82. The fraction of sp³-hybridized carbons (Fsp3) is 0.750. The number of unbranched alkanes of at least 4 members (excludes halogenated alkanes) is 1. The fourth-order valence-electron chi connectivity index (χ4n) is 1.33. The molecule has 0 spiro atoms. The second kappa shape index (κ2) is 4.11. The number of aliphatic carboxylic acids is 1. The first-order chi connectivity index (χ1) is 6.15. The maximum Gasteiger partial charge on any atom is 0.408 e. The van der Waals surface area contributed by atoms with Crippen LogP contribution in [0.15, 0.2) is 0 Å². The molecule has 74 valence electrons. The van der Waals surface area contributed by atoms with E-state index in [4.69, 9.17) is 5.11 Å². The molecular weight excluding hydrogens is 174 g/mol. The lowest BCUT2D eigenvalue weighted by molar-refractivity contribution is -0.146. The molecule has 1 saturated heterocycles. The van der Waals surface area contributed by atoms with Crippen LogP contribution in [-0.2, 0) is 9.53 Å². The van der Waals surface area contributed by atoms with Crippen LogP contribution in [0.1, 0.15) is 26.2 Å². The molecule has 2 atom stereocenters. The Kier molecular flexibility index (Phi) is 3.11. The van der Waals surface area contributed by atoms with Crippen molar-refractivity contribution >= 4 is 12.1 Å². The number of cyclic esters (lactones) is 1. The minimum absolute atomic E-state index is 0.370. The third kappa shape index (κ3) is 2.34. The quantitative estimate of drug-likeness (QED) is 0.680. The number of carbonyl (C=O) groups excluding carboxylic acids is 1. The van der Waals surface area contributed by atoms with Crippen molar-refractivity contribution in [3.05, 3.63) is 0 Å². The molecule has 1 rings (SSSR count). The van der Waals surface area contributed by atoms with Gasteiger partial charge in [0.2, 0.25) is 6.10 Å².